The summed E-state index contributed by atoms with van der Waals surface area (Å²) in [6, 6.07) is 8.92. The summed E-state index contributed by atoms with van der Waals surface area (Å²) in [5.74, 6) is -1.15. The van der Waals surface area contributed by atoms with Crippen LogP contribution >= 0.6 is 15.9 Å². The molecule has 2 rings (SSSR count). The average Bonchev–Trinajstić information content (AvgIpc) is 2.40. The quantitative estimate of drug-likeness (QED) is 0.659. The monoisotopic (exact) mass is 351 g/mol. The van der Waals surface area contributed by atoms with E-state index in [-0.39, 0.29) is 22.7 Å². The molecule has 0 aliphatic heterocycles. The SMILES string of the molecule is Cc1ccc(C(=O)O)c(Oc2c(Br)cccc2[N+](=O)[O-])c1. The van der Waals surface area contributed by atoms with Gasteiger partial charge in [-0.2, -0.15) is 0 Å². The number of carboxylic acids is 1. The number of halogens is 1. The molecule has 6 nitrogen and oxygen atoms in total. The van der Waals surface area contributed by atoms with Crippen molar-refractivity contribution >= 4 is 27.6 Å². The molecule has 2 aromatic rings. The van der Waals surface area contributed by atoms with E-state index in [9.17, 15) is 14.9 Å². The van der Waals surface area contributed by atoms with Crippen LogP contribution in [-0.2, 0) is 0 Å². The summed E-state index contributed by atoms with van der Waals surface area (Å²) in [4.78, 5) is 21.7. The minimum absolute atomic E-state index is 0.0319. The zero-order valence-electron chi connectivity index (χ0n) is 10.9. The number of nitro benzene ring substituents is 1. The van der Waals surface area contributed by atoms with Gasteiger partial charge in [-0.1, -0.05) is 12.1 Å². The van der Waals surface area contributed by atoms with Crippen LogP contribution in [0.4, 0.5) is 5.69 Å². The van der Waals surface area contributed by atoms with Crippen LogP contribution in [0.25, 0.3) is 0 Å². The summed E-state index contributed by atoms with van der Waals surface area (Å²) in [5, 5.41) is 20.2. The Hall–Kier alpha value is -2.41. The van der Waals surface area contributed by atoms with E-state index >= 15 is 0 Å². The summed E-state index contributed by atoms with van der Waals surface area (Å²) in [7, 11) is 0. The van der Waals surface area contributed by atoms with Crippen LogP contribution < -0.4 is 4.74 Å². The van der Waals surface area contributed by atoms with Crippen LogP contribution in [0.1, 0.15) is 15.9 Å². The maximum atomic E-state index is 11.2. The van der Waals surface area contributed by atoms with Crippen molar-refractivity contribution in [3.63, 3.8) is 0 Å². The molecule has 0 atom stereocenters. The molecule has 0 heterocycles. The molecule has 0 bridgehead atoms. The molecule has 0 saturated heterocycles. The fourth-order valence-electron chi connectivity index (χ4n) is 1.74. The topological polar surface area (TPSA) is 89.7 Å². The largest absolute Gasteiger partial charge is 0.478 e. The van der Waals surface area contributed by atoms with E-state index in [4.69, 9.17) is 9.84 Å². The van der Waals surface area contributed by atoms with Gasteiger partial charge >= 0.3 is 11.7 Å². The summed E-state index contributed by atoms with van der Waals surface area (Å²) in [6.45, 7) is 1.77. The minimum atomic E-state index is -1.17. The van der Waals surface area contributed by atoms with Gasteiger partial charge in [0.25, 0.3) is 0 Å². The summed E-state index contributed by atoms with van der Waals surface area (Å²) in [6.07, 6.45) is 0. The molecule has 0 unspecified atom stereocenters. The molecule has 0 aromatic heterocycles. The number of carboxylic acid groups (broad SMARTS) is 1. The summed E-state index contributed by atoms with van der Waals surface area (Å²) >= 11 is 3.18. The van der Waals surface area contributed by atoms with E-state index in [1.54, 1.807) is 19.1 Å². The van der Waals surface area contributed by atoms with E-state index in [1.165, 1.54) is 24.3 Å². The van der Waals surface area contributed by atoms with Gasteiger partial charge in [0, 0.05) is 6.07 Å². The van der Waals surface area contributed by atoms with Crippen molar-refractivity contribution in [2.75, 3.05) is 0 Å². The lowest BCUT2D eigenvalue weighted by Gasteiger charge is -2.11. The van der Waals surface area contributed by atoms with Crippen molar-refractivity contribution in [1.29, 1.82) is 0 Å². The second-order valence-corrected chi connectivity index (χ2v) is 5.11. The number of ether oxygens (including phenoxy) is 1. The Morgan fingerprint density at radius 2 is 2.05 bits per heavy atom. The van der Waals surface area contributed by atoms with Crippen molar-refractivity contribution in [1.82, 2.24) is 0 Å². The van der Waals surface area contributed by atoms with Crippen LogP contribution in [0.3, 0.4) is 0 Å². The van der Waals surface area contributed by atoms with E-state index in [2.05, 4.69) is 15.9 Å². The lowest BCUT2D eigenvalue weighted by molar-refractivity contribution is -0.385. The molecule has 0 fully saturated rings. The fourth-order valence-corrected chi connectivity index (χ4v) is 2.18. The van der Waals surface area contributed by atoms with Crippen LogP contribution in [0.2, 0.25) is 0 Å². The molecular weight excluding hydrogens is 342 g/mol. The van der Waals surface area contributed by atoms with Crippen LogP contribution in [-0.4, -0.2) is 16.0 Å². The number of carbonyl (C=O) groups is 1. The highest BCUT2D eigenvalue weighted by Gasteiger charge is 2.21. The number of aromatic carboxylic acids is 1. The Morgan fingerprint density at radius 1 is 1.33 bits per heavy atom. The maximum Gasteiger partial charge on any atom is 0.339 e. The van der Waals surface area contributed by atoms with E-state index < -0.39 is 10.9 Å². The minimum Gasteiger partial charge on any atom is -0.478 e. The molecule has 1 N–H and O–H groups in total. The van der Waals surface area contributed by atoms with Crippen molar-refractivity contribution in [3.8, 4) is 11.5 Å². The molecule has 0 amide bonds. The van der Waals surface area contributed by atoms with Crippen LogP contribution in [0.15, 0.2) is 40.9 Å². The van der Waals surface area contributed by atoms with Gasteiger partial charge in [-0.05, 0) is 46.6 Å². The zero-order valence-corrected chi connectivity index (χ0v) is 12.5. The number of nitro groups is 1. The molecule has 0 saturated carbocycles. The van der Waals surface area contributed by atoms with Crippen LogP contribution in [0, 0.1) is 17.0 Å². The van der Waals surface area contributed by atoms with Gasteiger partial charge in [0.15, 0.2) is 0 Å². The number of nitrogens with zero attached hydrogens (tertiary/aromatic N) is 1. The highest BCUT2D eigenvalue weighted by molar-refractivity contribution is 9.10. The van der Waals surface area contributed by atoms with Gasteiger partial charge in [-0.15, -0.1) is 0 Å². The molecule has 2 aromatic carbocycles. The summed E-state index contributed by atoms with van der Waals surface area (Å²) in [5.41, 5.74) is 0.470. The van der Waals surface area contributed by atoms with Crippen molar-refractivity contribution in [3.05, 3.63) is 62.1 Å². The molecule has 21 heavy (non-hydrogen) atoms. The fraction of sp³-hybridized carbons (Fsp3) is 0.0714. The Morgan fingerprint density at radius 3 is 2.67 bits per heavy atom. The Kier molecular flexibility index (Phi) is 4.23. The lowest BCUT2D eigenvalue weighted by Crippen LogP contribution is -2.02. The average molecular weight is 352 g/mol. The van der Waals surface area contributed by atoms with Gasteiger partial charge in [0.05, 0.1) is 9.40 Å². The predicted octanol–water partition coefficient (Wildman–Crippen LogP) is 4.16. The van der Waals surface area contributed by atoms with E-state index in [1.807, 2.05) is 0 Å². The second-order valence-electron chi connectivity index (χ2n) is 4.25. The number of hydrogen-bond donors (Lipinski definition) is 1. The first kappa shape index (κ1) is 15.0. The van der Waals surface area contributed by atoms with Gasteiger partial charge in [-0.3, -0.25) is 10.1 Å². The normalized spacial score (nSPS) is 10.2. The first-order valence-corrected chi connectivity index (χ1v) is 6.64. The zero-order chi connectivity index (χ0) is 15.6. The first-order chi connectivity index (χ1) is 9.90. The molecule has 108 valence electrons. The second kappa shape index (κ2) is 5.92. The lowest BCUT2D eigenvalue weighted by atomic mass is 10.1. The van der Waals surface area contributed by atoms with Gasteiger partial charge in [0.1, 0.15) is 11.3 Å². The smallest absolute Gasteiger partial charge is 0.339 e. The van der Waals surface area contributed by atoms with Gasteiger partial charge in [-0.25, -0.2) is 4.79 Å². The standard InChI is InChI=1S/C14H10BrNO5/c1-8-5-6-9(14(17)18)12(7-8)21-13-10(15)3-2-4-11(13)16(19)20/h2-7H,1H3,(H,17,18). The number of para-hydroxylation sites is 1. The summed E-state index contributed by atoms with van der Waals surface area (Å²) < 4.78 is 5.88. The molecule has 0 aliphatic rings. The maximum absolute atomic E-state index is 11.2. The Bertz CT molecular complexity index is 729. The molecule has 7 heteroatoms. The van der Waals surface area contributed by atoms with Crippen LogP contribution in [0.5, 0.6) is 11.5 Å². The molecule has 0 spiro atoms. The third-order valence-corrected chi connectivity index (χ3v) is 3.35. The predicted molar refractivity (Wildman–Crippen MR) is 79.0 cm³/mol. The molecular formula is C14H10BrNO5. The molecule has 0 radical (unpaired) electrons. The van der Waals surface area contributed by atoms with Crippen molar-refractivity contribution < 1.29 is 19.6 Å². The highest BCUT2D eigenvalue weighted by atomic mass is 79.9. The first-order valence-electron chi connectivity index (χ1n) is 5.85. The molecule has 0 aliphatic carbocycles. The number of rotatable bonds is 4. The highest BCUT2D eigenvalue weighted by Crippen LogP contribution is 2.39. The number of aryl methyl sites for hydroxylation is 1. The number of hydrogen-bond acceptors (Lipinski definition) is 4. The van der Waals surface area contributed by atoms with Crippen molar-refractivity contribution in [2.45, 2.75) is 6.92 Å². The van der Waals surface area contributed by atoms with E-state index in [0.29, 0.717) is 4.47 Å². The Balaban J connectivity index is 2.55. The third-order valence-electron chi connectivity index (χ3n) is 2.72. The number of benzene rings is 2. The Labute approximate surface area is 128 Å². The van der Waals surface area contributed by atoms with Gasteiger partial charge in [0.2, 0.25) is 5.75 Å². The van der Waals surface area contributed by atoms with Crippen molar-refractivity contribution in [2.24, 2.45) is 0 Å². The third kappa shape index (κ3) is 3.19. The van der Waals surface area contributed by atoms with E-state index in [0.717, 1.165) is 5.56 Å². The van der Waals surface area contributed by atoms with Gasteiger partial charge < -0.3 is 9.84 Å².